The number of Topliss-reactive ketones (excluding diaryl/α,β-unsaturated/α-hetero) is 1. The molecule has 152 valence electrons. The number of rotatable bonds is 17. The highest BCUT2D eigenvalue weighted by Gasteiger charge is 2.12. The molecule has 0 radical (unpaired) electrons. The van der Waals surface area contributed by atoms with Crippen LogP contribution in [-0.4, -0.2) is 17.3 Å². The number of nitrogens with zero attached hydrogens (tertiary/aromatic N) is 1. The van der Waals surface area contributed by atoms with Gasteiger partial charge in [0, 0.05) is 12.5 Å². The Kier molecular flexibility index (Phi) is 13.0. The lowest BCUT2D eigenvalue weighted by atomic mass is 10.0. The number of para-hydroxylation sites is 2. The smallest absolute Gasteiger partial charge is 0.310 e. The number of ketones is 1. The number of nitro groups is 1. The molecule has 5 heteroatoms. The summed E-state index contributed by atoms with van der Waals surface area (Å²) in [6.07, 6.45) is 15.2. The van der Waals surface area contributed by atoms with Crippen molar-refractivity contribution < 1.29 is 14.5 Å². The van der Waals surface area contributed by atoms with Crippen LogP contribution in [0.3, 0.4) is 0 Å². The number of ether oxygens (including phenoxy) is 1. The van der Waals surface area contributed by atoms with E-state index in [0.29, 0.717) is 18.1 Å². The fourth-order valence-corrected chi connectivity index (χ4v) is 3.16. The molecule has 0 aromatic heterocycles. The Morgan fingerprint density at radius 1 is 0.852 bits per heavy atom. The van der Waals surface area contributed by atoms with Gasteiger partial charge in [0.15, 0.2) is 5.75 Å². The summed E-state index contributed by atoms with van der Waals surface area (Å²) < 4.78 is 5.55. The van der Waals surface area contributed by atoms with Gasteiger partial charge in [-0.1, -0.05) is 76.3 Å². The molecule has 0 atom stereocenters. The third-order valence-electron chi connectivity index (χ3n) is 4.74. The molecule has 0 aliphatic rings. The first-order valence-electron chi connectivity index (χ1n) is 10.5. The van der Waals surface area contributed by atoms with Gasteiger partial charge in [0.2, 0.25) is 0 Å². The Balaban J connectivity index is 1.87. The van der Waals surface area contributed by atoms with E-state index in [1.807, 2.05) is 0 Å². The first-order valence-corrected chi connectivity index (χ1v) is 10.5. The van der Waals surface area contributed by atoms with Crippen molar-refractivity contribution in [2.75, 3.05) is 6.61 Å². The van der Waals surface area contributed by atoms with E-state index in [-0.39, 0.29) is 5.69 Å². The highest BCUT2D eigenvalue weighted by Crippen LogP contribution is 2.26. The molecule has 1 rings (SSSR count). The van der Waals surface area contributed by atoms with Crippen LogP contribution in [0.15, 0.2) is 24.3 Å². The summed E-state index contributed by atoms with van der Waals surface area (Å²) in [4.78, 5) is 21.3. The Bertz CT molecular complexity index is 545. The van der Waals surface area contributed by atoms with Crippen LogP contribution in [0, 0.1) is 10.1 Å². The van der Waals surface area contributed by atoms with Crippen molar-refractivity contribution in [2.45, 2.75) is 90.4 Å². The molecule has 0 amide bonds. The second-order valence-electron chi connectivity index (χ2n) is 7.27. The van der Waals surface area contributed by atoms with Gasteiger partial charge < -0.3 is 9.53 Å². The highest BCUT2D eigenvalue weighted by molar-refractivity contribution is 5.75. The zero-order chi connectivity index (χ0) is 19.7. The summed E-state index contributed by atoms with van der Waals surface area (Å²) >= 11 is 0. The predicted octanol–water partition coefficient (Wildman–Crippen LogP) is 6.63. The highest BCUT2D eigenvalue weighted by atomic mass is 16.6. The maximum atomic E-state index is 10.9. The zero-order valence-corrected chi connectivity index (χ0v) is 16.8. The van der Waals surface area contributed by atoms with E-state index in [1.165, 1.54) is 63.9 Å². The number of hydrogen-bond acceptors (Lipinski definition) is 4. The molecule has 0 fully saturated rings. The van der Waals surface area contributed by atoms with Gasteiger partial charge in [-0.3, -0.25) is 10.1 Å². The number of carbonyl (C=O) groups excluding carboxylic acids is 1. The molecule has 0 unspecified atom stereocenters. The lowest BCUT2D eigenvalue weighted by molar-refractivity contribution is -0.385. The summed E-state index contributed by atoms with van der Waals surface area (Å²) in [5.74, 6) is 0.673. The molecule has 0 heterocycles. The van der Waals surface area contributed by atoms with Crippen LogP contribution < -0.4 is 4.74 Å². The van der Waals surface area contributed by atoms with Crippen LogP contribution in [-0.2, 0) is 4.79 Å². The number of nitro benzene ring substituents is 1. The summed E-state index contributed by atoms with van der Waals surface area (Å²) in [6, 6.07) is 6.54. The predicted molar refractivity (Wildman–Crippen MR) is 109 cm³/mol. The van der Waals surface area contributed by atoms with Gasteiger partial charge in [-0.25, -0.2) is 0 Å². The Morgan fingerprint density at radius 2 is 1.33 bits per heavy atom. The topological polar surface area (TPSA) is 69.4 Å². The number of benzene rings is 1. The molecule has 0 aliphatic carbocycles. The Morgan fingerprint density at radius 3 is 1.85 bits per heavy atom. The SMILES string of the molecule is CC(=O)CCCCCCCCCCCCCCOc1ccccc1[N+](=O)[O-]. The van der Waals surface area contributed by atoms with Crippen molar-refractivity contribution >= 4 is 11.5 Å². The minimum absolute atomic E-state index is 0.0383. The second kappa shape index (κ2) is 15.2. The number of hydrogen-bond donors (Lipinski definition) is 0. The average molecular weight is 378 g/mol. The largest absolute Gasteiger partial charge is 0.487 e. The van der Waals surface area contributed by atoms with Gasteiger partial charge in [0.05, 0.1) is 11.5 Å². The molecule has 0 bridgehead atoms. The van der Waals surface area contributed by atoms with E-state index in [4.69, 9.17) is 4.74 Å². The van der Waals surface area contributed by atoms with Crippen LogP contribution >= 0.6 is 0 Å². The first-order chi connectivity index (χ1) is 13.1. The van der Waals surface area contributed by atoms with Gasteiger partial charge in [-0.2, -0.15) is 0 Å². The van der Waals surface area contributed by atoms with Crippen LogP contribution in [0.4, 0.5) is 5.69 Å². The second-order valence-corrected chi connectivity index (χ2v) is 7.27. The summed E-state index contributed by atoms with van der Waals surface area (Å²) in [6.45, 7) is 2.21. The van der Waals surface area contributed by atoms with E-state index >= 15 is 0 Å². The quantitative estimate of drug-likeness (QED) is 0.173. The Hall–Kier alpha value is -1.91. The van der Waals surface area contributed by atoms with Crippen LogP contribution in [0.1, 0.15) is 90.4 Å². The normalized spacial score (nSPS) is 10.7. The monoisotopic (exact) mass is 377 g/mol. The van der Waals surface area contributed by atoms with Gasteiger partial charge in [-0.15, -0.1) is 0 Å². The van der Waals surface area contributed by atoms with Crippen molar-refractivity contribution in [1.82, 2.24) is 0 Å². The van der Waals surface area contributed by atoms with Gasteiger partial charge >= 0.3 is 5.69 Å². The average Bonchev–Trinajstić information content (AvgIpc) is 2.64. The fourth-order valence-electron chi connectivity index (χ4n) is 3.16. The molecule has 27 heavy (non-hydrogen) atoms. The summed E-state index contributed by atoms with van der Waals surface area (Å²) in [7, 11) is 0. The van der Waals surface area contributed by atoms with Crippen LogP contribution in [0.2, 0.25) is 0 Å². The van der Waals surface area contributed by atoms with Crippen molar-refractivity contribution in [3.05, 3.63) is 34.4 Å². The van der Waals surface area contributed by atoms with Crippen molar-refractivity contribution in [2.24, 2.45) is 0 Å². The molecule has 0 saturated carbocycles. The molecular weight excluding hydrogens is 342 g/mol. The molecule has 5 nitrogen and oxygen atoms in total. The van der Waals surface area contributed by atoms with E-state index in [9.17, 15) is 14.9 Å². The van der Waals surface area contributed by atoms with Gasteiger partial charge in [-0.05, 0) is 25.8 Å². The maximum absolute atomic E-state index is 10.9. The van der Waals surface area contributed by atoms with E-state index in [2.05, 4.69) is 0 Å². The van der Waals surface area contributed by atoms with Crippen molar-refractivity contribution in [3.63, 3.8) is 0 Å². The van der Waals surface area contributed by atoms with E-state index in [0.717, 1.165) is 25.7 Å². The minimum Gasteiger partial charge on any atom is -0.487 e. The van der Waals surface area contributed by atoms with Crippen molar-refractivity contribution in [1.29, 1.82) is 0 Å². The maximum Gasteiger partial charge on any atom is 0.310 e. The zero-order valence-electron chi connectivity index (χ0n) is 16.8. The molecule has 0 N–H and O–H groups in total. The third-order valence-corrected chi connectivity index (χ3v) is 4.74. The molecular formula is C22H35NO4. The lowest BCUT2D eigenvalue weighted by Crippen LogP contribution is -2.00. The van der Waals surface area contributed by atoms with Crippen LogP contribution in [0.25, 0.3) is 0 Å². The van der Waals surface area contributed by atoms with Gasteiger partial charge in [0.25, 0.3) is 0 Å². The first kappa shape index (κ1) is 23.1. The van der Waals surface area contributed by atoms with E-state index < -0.39 is 4.92 Å². The molecule has 1 aromatic rings. The standard InChI is InChI=1S/C22H35NO4/c1-20(24)16-12-10-8-6-4-2-3-5-7-9-11-15-19-27-22-18-14-13-17-21(22)23(25)26/h13-14,17-18H,2-12,15-16,19H2,1H3. The molecule has 0 spiro atoms. The Labute approximate surface area is 163 Å². The third kappa shape index (κ3) is 12.2. The fraction of sp³-hybridized carbons (Fsp3) is 0.682. The number of unbranched alkanes of at least 4 members (excludes halogenated alkanes) is 11. The van der Waals surface area contributed by atoms with Crippen molar-refractivity contribution in [3.8, 4) is 5.75 Å². The molecule has 1 aromatic carbocycles. The number of carbonyl (C=O) groups is 1. The summed E-state index contributed by atoms with van der Waals surface area (Å²) in [5, 5.41) is 10.9. The molecule has 0 aliphatic heterocycles. The molecule has 0 saturated heterocycles. The summed E-state index contributed by atoms with van der Waals surface area (Å²) in [5.41, 5.74) is 0.0383. The van der Waals surface area contributed by atoms with E-state index in [1.54, 1.807) is 25.1 Å². The lowest BCUT2D eigenvalue weighted by Gasteiger charge is -2.06. The van der Waals surface area contributed by atoms with Crippen LogP contribution in [0.5, 0.6) is 5.75 Å². The minimum atomic E-state index is -0.401. The van der Waals surface area contributed by atoms with Gasteiger partial charge in [0.1, 0.15) is 5.78 Å².